The Bertz CT molecular complexity index is 1180. The van der Waals surface area contributed by atoms with Crippen LogP contribution in [0.3, 0.4) is 0 Å². The van der Waals surface area contributed by atoms with E-state index in [9.17, 15) is 13.2 Å². The van der Waals surface area contributed by atoms with E-state index < -0.39 is 9.84 Å². The van der Waals surface area contributed by atoms with Crippen molar-refractivity contribution in [3.63, 3.8) is 0 Å². The number of carbonyl (C=O) groups excluding carboxylic acids is 1. The SMILES string of the molecule is N#CCCC(=O)[C@@H]1CCCC[C@H]1c1nc(C2CC2)sc1-c1ccc(N2CCS(=O)(=O)CC2)cc1. The average molecular weight is 498 g/mol. The van der Waals surface area contributed by atoms with Gasteiger partial charge < -0.3 is 4.90 Å². The molecule has 5 rings (SSSR count). The topological polar surface area (TPSA) is 91.1 Å². The second-order valence-corrected chi connectivity index (χ2v) is 13.2. The molecule has 0 unspecified atom stereocenters. The van der Waals surface area contributed by atoms with Crippen molar-refractivity contribution in [2.75, 3.05) is 29.5 Å². The molecule has 0 N–H and O–H groups in total. The number of thiazole rings is 1. The Balaban J connectivity index is 1.43. The monoisotopic (exact) mass is 497 g/mol. The van der Waals surface area contributed by atoms with Gasteiger partial charge in [0.05, 0.1) is 33.2 Å². The Morgan fingerprint density at radius 1 is 1.09 bits per heavy atom. The molecule has 3 fully saturated rings. The maximum Gasteiger partial charge on any atom is 0.153 e. The molecule has 34 heavy (non-hydrogen) atoms. The van der Waals surface area contributed by atoms with Gasteiger partial charge in [0, 0.05) is 49.4 Å². The number of ketones is 1. The molecule has 0 spiro atoms. The number of Topliss-reactive ketones (excluding diaryl/α,β-unsaturated/α-hetero) is 1. The first-order valence-electron chi connectivity index (χ1n) is 12.4. The predicted octanol–water partition coefficient (Wildman–Crippen LogP) is 5.07. The molecular formula is C26H31N3O3S2. The molecule has 0 amide bonds. The smallest absolute Gasteiger partial charge is 0.153 e. The number of nitriles is 1. The standard InChI is InChI=1S/C26H31N3O3S2/c27-13-3-6-23(30)21-4-1-2-5-22(21)24-25(33-26(28-24)19-7-8-19)18-9-11-20(12-10-18)29-14-16-34(31,32)17-15-29/h9-12,19,21-22H,1-8,14-17H2/t21-,22-/m1/s1. The third-order valence-electron chi connectivity index (χ3n) is 7.45. The number of nitrogens with zero attached hydrogens (tertiary/aromatic N) is 3. The van der Waals surface area contributed by atoms with Crippen LogP contribution in [0, 0.1) is 17.2 Å². The van der Waals surface area contributed by atoms with Crippen LogP contribution in [0.2, 0.25) is 0 Å². The van der Waals surface area contributed by atoms with E-state index in [1.165, 1.54) is 22.7 Å². The lowest BCUT2D eigenvalue weighted by molar-refractivity contribution is -0.124. The Morgan fingerprint density at radius 3 is 2.47 bits per heavy atom. The summed E-state index contributed by atoms with van der Waals surface area (Å²) < 4.78 is 23.6. The van der Waals surface area contributed by atoms with Crippen LogP contribution in [-0.4, -0.2) is 43.8 Å². The van der Waals surface area contributed by atoms with Crippen LogP contribution >= 0.6 is 11.3 Å². The fourth-order valence-electron chi connectivity index (χ4n) is 5.31. The molecule has 1 aromatic carbocycles. The molecule has 3 aliphatic rings. The minimum Gasteiger partial charge on any atom is -0.369 e. The second-order valence-electron chi connectivity index (χ2n) is 9.85. The quantitative estimate of drug-likeness (QED) is 0.530. The fourth-order valence-corrected chi connectivity index (χ4v) is 7.83. The van der Waals surface area contributed by atoms with Crippen LogP contribution in [0.25, 0.3) is 10.4 Å². The number of rotatable bonds is 7. The first kappa shape index (κ1) is 23.5. The van der Waals surface area contributed by atoms with Gasteiger partial charge in [-0.1, -0.05) is 25.0 Å². The van der Waals surface area contributed by atoms with Gasteiger partial charge in [0.25, 0.3) is 0 Å². The lowest BCUT2D eigenvalue weighted by Crippen LogP contribution is -2.40. The molecule has 2 aliphatic carbocycles. The highest BCUT2D eigenvalue weighted by Crippen LogP contribution is 2.49. The lowest BCUT2D eigenvalue weighted by atomic mass is 9.74. The van der Waals surface area contributed by atoms with E-state index in [0.717, 1.165) is 42.6 Å². The third kappa shape index (κ3) is 5.06. The van der Waals surface area contributed by atoms with Crippen molar-refractivity contribution in [1.82, 2.24) is 4.98 Å². The first-order chi connectivity index (χ1) is 16.4. The Hall–Kier alpha value is -2.24. The summed E-state index contributed by atoms with van der Waals surface area (Å²) in [7, 11) is -2.90. The minimum absolute atomic E-state index is 0.0374. The first-order valence-corrected chi connectivity index (χ1v) is 15.0. The molecule has 0 radical (unpaired) electrons. The molecule has 6 nitrogen and oxygen atoms in total. The molecule has 2 heterocycles. The van der Waals surface area contributed by atoms with Crippen LogP contribution in [0.15, 0.2) is 24.3 Å². The Kier molecular flexibility index (Phi) is 6.76. The maximum absolute atomic E-state index is 13.0. The van der Waals surface area contributed by atoms with Gasteiger partial charge in [0.1, 0.15) is 5.78 Å². The normalized spacial score (nSPS) is 24.5. The summed E-state index contributed by atoms with van der Waals surface area (Å²) in [5.41, 5.74) is 3.26. The third-order valence-corrected chi connectivity index (χ3v) is 10.3. The summed E-state index contributed by atoms with van der Waals surface area (Å²) in [6.07, 6.45) is 7.06. The lowest BCUT2D eigenvalue weighted by Gasteiger charge is -2.30. The summed E-state index contributed by atoms with van der Waals surface area (Å²) in [6, 6.07) is 10.5. The van der Waals surface area contributed by atoms with Gasteiger partial charge in [-0.2, -0.15) is 5.26 Å². The number of benzene rings is 1. The predicted molar refractivity (Wildman–Crippen MR) is 135 cm³/mol. The van der Waals surface area contributed by atoms with E-state index in [1.54, 1.807) is 11.3 Å². The van der Waals surface area contributed by atoms with E-state index in [2.05, 4.69) is 35.2 Å². The van der Waals surface area contributed by atoms with Crippen LogP contribution in [0.1, 0.15) is 73.9 Å². The van der Waals surface area contributed by atoms with E-state index in [-0.39, 0.29) is 29.1 Å². The molecule has 180 valence electrons. The summed E-state index contributed by atoms with van der Waals surface area (Å²) >= 11 is 1.78. The van der Waals surface area contributed by atoms with Gasteiger partial charge in [-0.25, -0.2) is 13.4 Å². The van der Waals surface area contributed by atoms with Crippen molar-refractivity contribution in [3.05, 3.63) is 35.0 Å². The van der Waals surface area contributed by atoms with Crippen LogP contribution in [0.5, 0.6) is 0 Å². The summed E-state index contributed by atoms with van der Waals surface area (Å²) in [5.74, 6) is 1.29. The summed E-state index contributed by atoms with van der Waals surface area (Å²) in [5, 5.41) is 10.2. The molecule has 8 heteroatoms. The van der Waals surface area contributed by atoms with Gasteiger partial charge >= 0.3 is 0 Å². The summed E-state index contributed by atoms with van der Waals surface area (Å²) in [6.45, 7) is 1.07. The Morgan fingerprint density at radius 2 is 1.79 bits per heavy atom. The number of sulfone groups is 1. The van der Waals surface area contributed by atoms with Gasteiger partial charge in [0.2, 0.25) is 0 Å². The molecular weight excluding hydrogens is 466 g/mol. The van der Waals surface area contributed by atoms with Crippen LogP contribution in [-0.2, 0) is 14.6 Å². The van der Waals surface area contributed by atoms with Crippen molar-refractivity contribution in [1.29, 1.82) is 5.26 Å². The zero-order valence-electron chi connectivity index (χ0n) is 19.4. The van der Waals surface area contributed by atoms with Crippen molar-refractivity contribution in [3.8, 4) is 16.5 Å². The van der Waals surface area contributed by atoms with E-state index in [1.807, 2.05) is 0 Å². The highest BCUT2D eigenvalue weighted by Gasteiger charge is 2.37. The van der Waals surface area contributed by atoms with Gasteiger partial charge in [0.15, 0.2) is 9.84 Å². The van der Waals surface area contributed by atoms with Crippen molar-refractivity contribution in [2.24, 2.45) is 5.92 Å². The number of hydrogen-bond donors (Lipinski definition) is 0. The van der Waals surface area contributed by atoms with E-state index >= 15 is 0 Å². The van der Waals surface area contributed by atoms with Crippen molar-refractivity contribution in [2.45, 2.75) is 63.2 Å². The minimum atomic E-state index is -2.90. The van der Waals surface area contributed by atoms with Crippen LogP contribution < -0.4 is 4.90 Å². The number of hydrogen-bond acceptors (Lipinski definition) is 7. The number of anilines is 1. The largest absolute Gasteiger partial charge is 0.369 e. The molecule has 1 saturated heterocycles. The molecule has 2 atom stereocenters. The molecule has 2 saturated carbocycles. The van der Waals surface area contributed by atoms with Crippen molar-refractivity contribution < 1.29 is 13.2 Å². The van der Waals surface area contributed by atoms with Gasteiger partial charge in [-0.05, 0) is 43.4 Å². The van der Waals surface area contributed by atoms with Gasteiger partial charge in [-0.15, -0.1) is 11.3 Å². The van der Waals surface area contributed by atoms with Gasteiger partial charge in [-0.3, -0.25) is 4.79 Å². The number of aromatic nitrogens is 1. The number of carbonyl (C=O) groups is 1. The average Bonchev–Trinajstić information content (AvgIpc) is 3.61. The summed E-state index contributed by atoms with van der Waals surface area (Å²) in [4.78, 5) is 21.4. The zero-order valence-corrected chi connectivity index (χ0v) is 21.0. The molecule has 1 aromatic heterocycles. The second kappa shape index (κ2) is 9.79. The molecule has 0 bridgehead atoms. The zero-order chi connectivity index (χ0) is 23.7. The highest BCUT2D eigenvalue weighted by atomic mass is 32.2. The Labute approximate surface area is 205 Å². The maximum atomic E-state index is 13.0. The van der Waals surface area contributed by atoms with E-state index in [0.29, 0.717) is 31.8 Å². The molecule has 1 aliphatic heterocycles. The molecule has 2 aromatic rings. The van der Waals surface area contributed by atoms with Crippen molar-refractivity contribution >= 4 is 32.6 Å². The van der Waals surface area contributed by atoms with E-state index in [4.69, 9.17) is 10.2 Å². The fraction of sp³-hybridized carbons (Fsp3) is 0.577. The van der Waals surface area contributed by atoms with Crippen LogP contribution in [0.4, 0.5) is 5.69 Å². The highest BCUT2D eigenvalue weighted by molar-refractivity contribution is 7.91.